The zero-order valence-corrected chi connectivity index (χ0v) is 10.2. The third-order valence-electron chi connectivity index (χ3n) is 2.37. The molecule has 17 heavy (non-hydrogen) atoms. The van der Waals surface area contributed by atoms with Crippen molar-refractivity contribution in [3.63, 3.8) is 0 Å². The zero-order chi connectivity index (χ0) is 12.7. The maximum Gasteiger partial charge on any atom is 0.327 e. The van der Waals surface area contributed by atoms with Crippen molar-refractivity contribution in [3.8, 4) is 0 Å². The molecule has 1 unspecified atom stereocenters. The third-order valence-corrected chi connectivity index (χ3v) is 3.41. The van der Waals surface area contributed by atoms with E-state index in [1.807, 2.05) is 0 Å². The minimum Gasteiger partial charge on any atom is -0.480 e. The van der Waals surface area contributed by atoms with Crippen LogP contribution in [0.25, 0.3) is 0 Å². The van der Waals surface area contributed by atoms with Crippen LogP contribution >= 0.6 is 11.8 Å². The highest BCUT2D eigenvalue weighted by Gasteiger charge is 2.21. The SMILES string of the molecule is O=CNC(CSCC(=O)NCC1CC1)C(=O)O. The molecule has 7 heteroatoms. The van der Waals surface area contributed by atoms with Crippen LogP contribution in [0.4, 0.5) is 0 Å². The summed E-state index contributed by atoms with van der Waals surface area (Å²) in [6, 6.07) is -0.936. The van der Waals surface area contributed by atoms with Gasteiger partial charge in [-0.25, -0.2) is 4.79 Å². The third kappa shape index (κ3) is 6.15. The number of carboxylic acids is 1. The van der Waals surface area contributed by atoms with E-state index in [1.54, 1.807) is 0 Å². The summed E-state index contributed by atoms with van der Waals surface area (Å²) in [5, 5.41) is 13.7. The molecule has 0 aromatic heterocycles. The standard InChI is InChI=1S/C10H16N2O4S/c13-6-12-8(10(15)16)4-17-5-9(14)11-3-7-1-2-7/h6-8H,1-5H2,(H,11,14)(H,12,13)(H,15,16). The van der Waals surface area contributed by atoms with Crippen molar-refractivity contribution in [2.24, 2.45) is 5.92 Å². The lowest BCUT2D eigenvalue weighted by Crippen LogP contribution is -2.38. The van der Waals surface area contributed by atoms with E-state index in [0.29, 0.717) is 18.9 Å². The van der Waals surface area contributed by atoms with Gasteiger partial charge in [-0.2, -0.15) is 0 Å². The number of carbonyl (C=O) groups excluding carboxylic acids is 2. The first-order valence-corrected chi connectivity index (χ1v) is 6.56. The predicted molar refractivity (Wildman–Crippen MR) is 63.7 cm³/mol. The number of rotatable bonds is 9. The van der Waals surface area contributed by atoms with Crippen LogP contribution in [0.1, 0.15) is 12.8 Å². The Labute approximate surface area is 104 Å². The predicted octanol–water partition coefficient (Wildman–Crippen LogP) is -0.555. The van der Waals surface area contributed by atoms with E-state index in [-0.39, 0.29) is 17.4 Å². The summed E-state index contributed by atoms with van der Waals surface area (Å²) >= 11 is 1.20. The molecule has 0 aromatic rings. The van der Waals surface area contributed by atoms with Crippen LogP contribution < -0.4 is 10.6 Å². The Bertz CT molecular complexity index is 294. The Kier molecular flexibility index (Phi) is 5.82. The van der Waals surface area contributed by atoms with Gasteiger partial charge in [0.2, 0.25) is 12.3 Å². The highest BCUT2D eigenvalue weighted by atomic mass is 32.2. The highest BCUT2D eigenvalue weighted by Crippen LogP contribution is 2.27. The fraction of sp³-hybridized carbons (Fsp3) is 0.700. The number of carbonyl (C=O) groups is 3. The van der Waals surface area contributed by atoms with Gasteiger partial charge in [-0.15, -0.1) is 11.8 Å². The van der Waals surface area contributed by atoms with Crippen molar-refractivity contribution >= 4 is 30.0 Å². The number of carboxylic acid groups (broad SMARTS) is 1. The van der Waals surface area contributed by atoms with Gasteiger partial charge in [-0.05, 0) is 18.8 Å². The number of thioether (sulfide) groups is 1. The monoisotopic (exact) mass is 260 g/mol. The average molecular weight is 260 g/mol. The lowest BCUT2D eigenvalue weighted by atomic mass is 10.3. The molecule has 96 valence electrons. The Morgan fingerprint density at radius 1 is 1.47 bits per heavy atom. The summed E-state index contributed by atoms with van der Waals surface area (Å²) in [7, 11) is 0. The maximum atomic E-state index is 11.3. The molecule has 1 saturated carbocycles. The molecule has 1 aliphatic rings. The van der Waals surface area contributed by atoms with E-state index in [2.05, 4.69) is 10.6 Å². The van der Waals surface area contributed by atoms with Crippen molar-refractivity contribution in [3.05, 3.63) is 0 Å². The van der Waals surface area contributed by atoms with Gasteiger partial charge in [0.1, 0.15) is 6.04 Å². The average Bonchev–Trinajstić information content (AvgIpc) is 3.08. The quantitative estimate of drug-likeness (QED) is 0.483. The van der Waals surface area contributed by atoms with E-state index in [4.69, 9.17) is 5.11 Å². The summed E-state index contributed by atoms with van der Waals surface area (Å²) in [6.45, 7) is 0.717. The fourth-order valence-electron chi connectivity index (χ4n) is 1.17. The molecule has 3 N–H and O–H groups in total. The van der Waals surface area contributed by atoms with E-state index in [1.165, 1.54) is 24.6 Å². The van der Waals surface area contributed by atoms with Crippen molar-refractivity contribution < 1.29 is 19.5 Å². The zero-order valence-electron chi connectivity index (χ0n) is 9.35. The Hall–Kier alpha value is -1.24. The largest absolute Gasteiger partial charge is 0.480 e. The van der Waals surface area contributed by atoms with Crippen molar-refractivity contribution in [2.75, 3.05) is 18.1 Å². The van der Waals surface area contributed by atoms with Gasteiger partial charge in [0, 0.05) is 12.3 Å². The van der Waals surface area contributed by atoms with Gasteiger partial charge in [0.25, 0.3) is 0 Å². The number of nitrogens with one attached hydrogen (secondary N) is 2. The number of aliphatic carboxylic acids is 1. The Balaban J connectivity index is 2.08. The van der Waals surface area contributed by atoms with E-state index in [9.17, 15) is 14.4 Å². The number of amides is 2. The first-order valence-electron chi connectivity index (χ1n) is 5.40. The molecule has 0 spiro atoms. The lowest BCUT2D eigenvalue weighted by molar-refractivity contribution is -0.139. The summed E-state index contributed by atoms with van der Waals surface area (Å²) in [6.07, 6.45) is 2.71. The van der Waals surface area contributed by atoms with E-state index < -0.39 is 12.0 Å². The van der Waals surface area contributed by atoms with Gasteiger partial charge in [-0.1, -0.05) is 0 Å². The van der Waals surface area contributed by atoms with Gasteiger partial charge >= 0.3 is 5.97 Å². The van der Waals surface area contributed by atoms with Crippen LogP contribution in [0.5, 0.6) is 0 Å². The Morgan fingerprint density at radius 2 is 2.18 bits per heavy atom. The minimum atomic E-state index is -1.09. The first kappa shape index (κ1) is 13.8. The second-order valence-corrected chi connectivity index (χ2v) is 4.97. The second-order valence-electron chi connectivity index (χ2n) is 3.94. The molecular weight excluding hydrogens is 244 g/mol. The van der Waals surface area contributed by atoms with Crippen LogP contribution in [0, 0.1) is 5.92 Å². The molecule has 0 bridgehead atoms. The summed E-state index contributed by atoms with van der Waals surface area (Å²) in [5.41, 5.74) is 0. The van der Waals surface area contributed by atoms with Gasteiger partial charge in [0.15, 0.2) is 0 Å². The first-order chi connectivity index (χ1) is 8.13. The lowest BCUT2D eigenvalue weighted by Gasteiger charge is -2.10. The topological polar surface area (TPSA) is 95.5 Å². The molecular formula is C10H16N2O4S. The fourth-order valence-corrected chi connectivity index (χ4v) is 2.05. The van der Waals surface area contributed by atoms with Crippen molar-refractivity contribution in [1.29, 1.82) is 0 Å². The molecule has 1 fully saturated rings. The molecule has 1 atom stereocenters. The van der Waals surface area contributed by atoms with Crippen LogP contribution in [0.3, 0.4) is 0 Å². The summed E-state index contributed by atoms with van der Waals surface area (Å²) < 4.78 is 0. The van der Waals surface area contributed by atoms with Crippen LogP contribution in [0.15, 0.2) is 0 Å². The van der Waals surface area contributed by atoms with Gasteiger partial charge in [0.05, 0.1) is 5.75 Å². The van der Waals surface area contributed by atoms with Gasteiger partial charge in [-0.3, -0.25) is 9.59 Å². The highest BCUT2D eigenvalue weighted by molar-refractivity contribution is 8.00. The molecule has 0 aromatic carbocycles. The Morgan fingerprint density at radius 3 is 2.71 bits per heavy atom. The molecule has 1 rings (SSSR count). The van der Waals surface area contributed by atoms with Gasteiger partial charge < -0.3 is 15.7 Å². The molecule has 1 aliphatic carbocycles. The van der Waals surface area contributed by atoms with Crippen LogP contribution in [0.2, 0.25) is 0 Å². The van der Waals surface area contributed by atoms with E-state index >= 15 is 0 Å². The second kappa shape index (κ2) is 7.16. The number of hydrogen-bond acceptors (Lipinski definition) is 4. The molecule has 0 aliphatic heterocycles. The normalized spacial score (nSPS) is 16.0. The summed E-state index contributed by atoms with van der Waals surface area (Å²) in [5.74, 6) is -0.144. The molecule has 0 saturated heterocycles. The minimum absolute atomic E-state index is 0.0860. The summed E-state index contributed by atoms with van der Waals surface area (Å²) in [4.78, 5) is 32.1. The van der Waals surface area contributed by atoms with Crippen LogP contribution in [-0.2, 0) is 14.4 Å². The molecule has 6 nitrogen and oxygen atoms in total. The maximum absolute atomic E-state index is 11.3. The molecule has 0 radical (unpaired) electrons. The van der Waals surface area contributed by atoms with Crippen molar-refractivity contribution in [2.45, 2.75) is 18.9 Å². The molecule has 2 amide bonds. The smallest absolute Gasteiger partial charge is 0.327 e. The van der Waals surface area contributed by atoms with E-state index in [0.717, 1.165) is 0 Å². The van der Waals surface area contributed by atoms with Crippen molar-refractivity contribution in [1.82, 2.24) is 10.6 Å². The molecule has 0 heterocycles. The van der Waals surface area contributed by atoms with Crippen LogP contribution in [-0.4, -0.2) is 47.5 Å². The number of hydrogen-bond donors (Lipinski definition) is 3.